The molecule has 1 atom stereocenters. The van der Waals surface area contributed by atoms with E-state index >= 15 is 0 Å². The van der Waals surface area contributed by atoms with Crippen LogP contribution >= 0.6 is 0 Å². The van der Waals surface area contributed by atoms with E-state index in [1.807, 2.05) is 0 Å². The monoisotopic (exact) mass is 179 g/mol. The highest BCUT2D eigenvalue weighted by molar-refractivity contribution is 7.90. The van der Waals surface area contributed by atoms with Gasteiger partial charge in [0.15, 0.2) is 0 Å². The molecule has 0 rings (SSSR count). The summed E-state index contributed by atoms with van der Waals surface area (Å²) in [6.45, 7) is 1.37. The van der Waals surface area contributed by atoms with Gasteiger partial charge in [0.05, 0.1) is 11.8 Å². The number of carbonyl (C=O) groups is 1. The quantitative estimate of drug-likeness (QED) is 0.614. The first-order valence-electron chi connectivity index (χ1n) is 3.22. The van der Waals surface area contributed by atoms with Crippen LogP contribution in [0.5, 0.6) is 0 Å². The summed E-state index contributed by atoms with van der Waals surface area (Å²) in [5.74, 6) is -0.281. The van der Waals surface area contributed by atoms with Crippen molar-refractivity contribution in [3.8, 4) is 0 Å². The molecule has 0 aliphatic rings. The van der Waals surface area contributed by atoms with Gasteiger partial charge in [-0.2, -0.15) is 0 Å². The first-order valence-corrected chi connectivity index (χ1v) is 5.28. The number of carbonyl (C=O) groups excluding carboxylic acids is 1. The van der Waals surface area contributed by atoms with Gasteiger partial charge in [0.1, 0.15) is 15.6 Å². The molecule has 0 fully saturated rings. The van der Waals surface area contributed by atoms with E-state index in [0.29, 0.717) is 0 Å². The fourth-order valence-electron chi connectivity index (χ4n) is 0.707. The van der Waals surface area contributed by atoms with Crippen LogP contribution in [-0.2, 0) is 14.6 Å². The summed E-state index contributed by atoms with van der Waals surface area (Å²) < 4.78 is 21.4. The molecule has 0 aromatic rings. The second-order valence-corrected chi connectivity index (χ2v) is 4.73. The smallest absolute Gasteiger partial charge is 0.149 e. The maximum Gasteiger partial charge on any atom is 0.149 e. The van der Waals surface area contributed by atoms with Crippen LogP contribution in [0.25, 0.3) is 0 Å². The second kappa shape index (κ2) is 3.82. The predicted molar refractivity (Wildman–Crippen MR) is 43.2 cm³/mol. The highest BCUT2D eigenvalue weighted by atomic mass is 32.2. The van der Waals surface area contributed by atoms with E-state index in [-0.39, 0.29) is 11.5 Å². The number of sulfone groups is 1. The zero-order chi connectivity index (χ0) is 9.07. The maximum absolute atomic E-state index is 10.7. The van der Waals surface area contributed by atoms with Crippen molar-refractivity contribution in [3.63, 3.8) is 0 Å². The summed E-state index contributed by atoms with van der Waals surface area (Å²) in [7, 11) is -1.50. The van der Waals surface area contributed by atoms with Crippen molar-refractivity contribution in [2.45, 2.75) is 13.0 Å². The summed E-state index contributed by atoms with van der Waals surface area (Å²) >= 11 is 0. The zero-order valence-electron chi connectivity index (χ0n) is 6.92. The Balaban J connectivity index is 4.22. The standard InChI is InChI=1S/C6H13NO3S/c1-5(8)6(7-2)4-11(3,9)10/h6-7H,4H2,1-3H3. The summed E-state index contributed by atoms with van der Waals surface area (Å²) in [4.78, 5) is 10.7. The van der Waals surface area contributed by atoms with Crippen LogP contribution in [-0.4, -0.2) is 39.3 Å². The number of ketones is 1. The molecule has 1 N–H and O–H groups in total. The van der Waals surface area contributed by atoms with Gasteiger partial charge in [-0.05, 0) is 14.0 Å². The second-order valence-electron chi connectivity index (χ2n) is 2.54. The molecule has 5 heteroatoms. The molecule has 0 heterocycles. The number of hydrogen-bond donors (Lipinski definition) is 1. The van der Waals surface area contributed by atoms with Crippen LogP contribution in [0.15, 0.2) is 0 Å². The molecular formula is C6H13NO3S. The van der Waals surface area contributed by atoms with Gasteiger partial charge in [0.25, 0.3) is 0 Å². The molecule has 66 valence electrons. The minimum atomic E-state index is -3.06. The first-order chi connectivity index (χ1) is 4.87. The third-order valence-electron chi connectivity index (χ3n) is 1.31. The van der Waals surface area contributed by atoms with E-state index in [0.717, 1.165) is 6.26 Å². The lowest BCUT2D eigenvalue weighted by atomic mass is 10.2. The minimum absolute atomic E-state index is 0.126. The fourth-order valence-corrected chi connectivity index (χ4v) is 1.71. The normalized spacial score (nSPS) is 14.5. The lowest BCUT2D eigenvalue weighted by molar-refractivity contribution is -0.118. The molecule has 0 spiro atoms. The number of hydrogen-bond acceptors (Lipinski definition) is 4. The van der Waals surface area contributed by atoms with Gasteiger partial charge >= 0.3 is 0 Å². The van der Waals surface area contributed by atoms with Crippen LogP contribution in [0.2, 0.25) is 0 Å². The van der Waals surface area contributed by atoms with Crippen molar-refractivity contribution in [1.82, 2.24) is 5.32 Å². The topological polar surface area (TPSA) is 63.2 Å². The highest BCUT2D eigenvalue weighted by Gasteiger charge is 2.16. The van der Waals surface area contributed by atoms with Crippen molar-refractivity contribution in [1.29, 1.82) is 0 Å². The molecule has 11 heavy (non-hydrogen) atoms. The van der Waals surface area contributed by atoms with Gasteiger partial charge in [-0.25, -0.2) is 8.42 Å². The molecule has 0 aliphatic heterocycles. The van der Waals surface area contributed by atoms with E-state index in [4.69, 9.17) is 0 Å². The minimum Gasteiger partial charge on any atom is -0.310 e. The molecule has 0 aromatic heterocycles. The van der Waals surface area contributed by atoms with Gasteiger partial charge in [0, 0.05) is 6.26 Å². The summed E-state index contributed by atoms with van der Waals surface area (Å²) in [6, 6.07) is -0.565. The van der Waals surface area contributed by atoms with Crippen LogP contribution in [0.4, 0.5) is 0 Å². The van der Waals surface area contributed by atoms with Crippen molar-refractivity contribution in [2.75, 3.05) is 19.1 Å². The highest BCUT2D eigenvalue weighted by Crippen LogP contribution is 1.91. The Bertz CT molecular complexity index is 232. The van der Waals surface area contributed by atoms with Gasteiger partial charge in [-0.1, -0.05) is 0 Å². The summed E-state index contributed by atoms with van der Waals surface area (Å²) in [5.41, 5.74) is 0. The van der Waals surface area contributed by atoms with Gasteiger partial charge in [-0.15, -0.1) is 0 Å². The lowest BCUT2D eigenvalue weighted by Crippen LogP contribution is -2.38. The molecule has 0 bridgehead atoms. The Hall–Kier alpha value is -0.420. The predicted octanol–water partition coefficient (Wildman–Crippen LogP) is -0.792. The number of likely N-dealkylation sites (N-methyl/N-ethyl adjacent to an activating group) is 1. The van der Waals surface area contributed by atoms with E-state index in [1.165, 1.54) is 6.92 Å². The molecule has 4 nitrogen and oxygen atoms in total. The number of rotatable bonds is 4. The third kappa shape index (κ3) is 4.92. The van der Waals surface area contributed by atoms with Crippen LogP contribution in [0.3, 0.4) is 0 Å². The van der Waals surface area contributed by atoms with E-state index in [9.17, 15) is 13.2 Å². The van der Waals surface area contributed by atoms with E-state index in [1.54, 1.807) is 7.05 Å². The van der Waals surface area contributed by atoms with Crippen LogP contribution in [0, 0.1) is 0 Å². The zero-order valence-corrected chi connectivity index (χ0v) is 7.73. The van der Waals surface area contributed by atoms with Crippen molar-refractivity contribution >= 4 is 15.6 Å². The molecule has 0 aromatic carbocycles. The maximum atomic E-state index is 10.7. The number of nitrogens with one attached hydrogen (secondary N) is 1. The van der Waals surface area contributed by atoms with Crippen LogP contribution < -0.4 is 5.32 Å². The van der Waals surface area contributed by atoms with Crippen molar-refractivity contribution < 1.29 is 13.2 Å². The lowest BCUT2D eigenvalue weighted by Gasteiger charge is -2.09. The molecule has 0 saturated carbocycles. The fraction of sp³-hybridized carbons (Fsp3) is 0.833. The molecule has 0 aliphatic carbocycles. The molecular weight excluding hydrogens is 166 g/mol. The summed E-state index contributed by atoms with van der Waals surface area (Å²) in [6.07, 6.45) is 1.11. The van der Waals surface area contributed by atoms with E-state index in [2.05, 4.69) is 5.32 Å². The van der Waals surface area contributed by atoms with Crippen molar-refractivity contribution in [3.05, 3.63) is 0 Å². The Labute approximate surface area is 66.9 Å². The average Bonchev–Trinajstić information content (AvgIpc) is 1.80. The molecule has 0 saturated heterocycles. The molecule has 0 amide bonds. The molecule has 0 radical (unpaired) electrons. The van der Waals surface area contributed by atoms with Crippen molar-refractivity contribution in [2.24, 2.45) is 0 Å². The van der Waals surface area contributed by atoms with Gasteiger partial charge < -0.3 is 5.32 Å². The Morgan fingerprint density at radius 3 is 2.09 bits per heavy atom. The Morgan fingerprint density at radius 1 is 1.55 bits per heavy atom. The average molecular weight is 179 g/mol. The first kappa shape index (κ1) is 10.6. The van der Waals surface area contributed by atoms with Crippen LogP contribution in [0.1, 0.15) is 6.92 Å². The molecule has 1 unspecified atom stereocenters. The van der Waals surface area contributed by atoms with E-state index < -0.39 is 15.9 Å². The largest absolute Gasteiger partial charge is 0.310 e. The SMILES string of the molecule is CNC(CS(C)(=O)=O)C(C)=O. The summed E-state index contributed by atoms with van der Waals surface area (Å²) in [5, 5.41) is 2.63. The van der Waals surface area contributed by atoms with Gasteiger partial charge in [-0.3, -0.25) is 4.79 Å². The third-order valence-corrected chi connectivity index (χ3v) is 2.25. The number of Topliss-reactive ketones (excluding diaryl/α,β-unsaturated/α-hetero) is 1. The Morgan fingerprint density at radius 2 is 2.00 bits per heavy atom. The van der Waals surface area contributed by atoms with Gasteiger partial charge in [0.2, 0.25) is 0 Å². The Kier molecular flexibility index (Phi) is 3.68.